The number of hydrogen-bond donors (Lipinski definition) is 2. The Labute approximate surface area is 260 Å². The normalized spacial score (nSPS) is 12.5. The maximum absolute atomic E-state index is 15.9. The summed E-state index contributed by atoms with van der Waals surface area (Å²) < 4.78 is 66.7. The van der Waals surface area contributed by atoms with Crippen LogP contribution in [0.1, 0.15) is 40.4 Å². The van der Waals surface area contributed by atoms with Gasteiger partial charge in [0.1, 0.15) is 36.0 Å². The number of ether oxygens (including phenoxy) is 1. The van der Waals surface area contributed by atoms with Crippen LogP contribution in [0.15, 0.2) is 91.4 Å². The van der Waals surface area contributed by atoms with Gasteiger partial charge < -0.3 is 15.2 Å². The summed E-state index contributed by atoms with van der Waals surface area (Å²) in [4.78, 5) is 14.9. The molecule has 46 heavy (non-hydrogen) atoms. The van der Waals surface area contributed by atoms with Gasteiger partial charge in [0, 0.05) is 42.4 Å². The number of rotatable bonds is 10. The van der Waals surface area contributed by atoms with Crippen LogP contribution in [-0.4, -0.2) is 36.2 Å². The standard InChI is InChI=1S/C33H26F4N6O3/c1-22(44)38-17-24-4-6-26(7-5-24)19-46-28-12-8-23(9-13-28)2-3-25-10-15-31(39-18-25)33(36,37)32(45,20-43-21-40-41-42-43)29-14-11-27(34)16-30(29)35/h4-16,18,21,45H,17,19-20H2,1H3,(H,38,44). The molecule has 0 radical (unpaired) electrons. The molecule has 0 fully saturated rings. The maximum Gasteiger partial charge on any atom is 0.323 e. The van der Waals surface area contributed by atoms with Gasteiger partial charge in [-0.3, -0.25) is 9.78 Å². The molecule has 0 saturated heterocycles. The number of amides is 1. The Morgan fingerprint density at radius 1 is 0.957 bits per heavy atom. The molecular formula is C33H26F4N6O3. The molecule has 5 aromatic rings. The van der Waals surface area contributed by atoms with E-state index < -0.39 is 41.0 Å². The molecule has 13 heteroatoms. The van der Waals surface area contributed by atoms with E-state index in [9.17, 15) is 18.7 Å². The molecule has 3 aromatic carbocycles. The number of hydrogen-bond acceptors (Lipinski definition) is 7. The molecule has 2 heterocycles. The fraction of sp³-hybridized carbons (Fsp3) is 0.182. The number of alkyl halides is 2. The smallest absolute Gasteiger partial charge is 0.323 e. The Morgan fingerprint density at radius 3 is 2.28 bits per heavy atom. The van der Waals surface area contributed by atoms with E-state index in [0.29, 0.717) is 36.1 Å². The predicted octanol–water partition coefficient (Wildman–Crippen LogP) is 4.64. The zero-order valence-electron chi connectivity index (χ0n) is 24.3. The molecule has 0 aliphatic heterocycles. The van der Waals surface area contributed by atoms with E-state index in [1.807, 2.05) is 24.3 Å². The topological polar surface area (TPSA) is 115 Å². The van der Waals surface area contributed by atoms with Gasteiger partial charge in [-0.2, -0.15) is 8.78 Å². The number of carbonyl (C=O) groups is 1. The van der Waals surface area contributed by atoms with Crippen LogP contribution in [-0.2, 0) is 36.0 Å². The van der Waals surface area contributed by atoms with Gasteiger partial charge in [0.15, 0.2) is 5.60 Å². The Balaban J connectivity index is 1.26. The third kappa shape index (κ3) is 7.36. The fourth-order valence-electron chi connectivity index (χ4n) is 4.46. The number of benzene rings is 3. The van der Waals surface area contributed by atoms with Crippen molar-refractivity contribution in [2.24, 2.45) is 0 Å². The summed E-state index contributed by atoms with van der Waals surface area (Å²) in [5.74, 6) is -0.258. The highest BCUT2D eigenvalue weighted by Gasteiger charge is 2.58. The van der Waals surface area contributed by atoms with Crippen molar-refractivity contribution in [2.75, 3.05) is 0 Å². The number of aliphatic hydroxyl groups is 1. The van der Waals surface area contributed by atoms with Crippen molar-refractivity contribution in [3.05, 3.63) is 137 Å². The number of nitrogens with zero attached hydrogens (tertiary/aromatic N) is 5. The third-order valence-electron chi connectivity index (χ3n) is 6.94. The van der Waals surface area contributed by atoms with E-state index >= 15 is 8.78 Å². The van der Waals surface area contributed by atoms with E-state index in [2.05, 4.69) is 37.7 Å². The number of halogens is 4. The Morgan fingerprint density at radius 2 is 1.65 bits per heavy atom. The lowest BCUT2D eigenvalue weighted by Crippen LogP contribution is -2.48. The number of carbonyl (C=O) groups excluding carboxylic acids is 1. The van der Waals surface area contributed by atoms with Crippen LogP contribution in [0.3, 0.4) is 0 Å². The molecular weight excluding hydrogens is 604 g/mol. The Kier molecular flexibility index (Phi) is 9.39. The van der Waals surface area contributed by atoms with E-state index in [-0.39, 0.29) is 5.91 Å². The molecule has 5 rings (SSSR count). The van der Waals surface area contributed by atoms with Gasteiger partial charge in [-0.25, -0.2) is 13.5 Å². The first-order valence-electron chi connectivity index (χ1n) is 13.8. The zero-order valence-corrected chi connectivity index (χ0v) is 24.3. The highest BCUT2D eigenvalue weighted by Crippen LogP contribution is 2.46. The largest absolute Gasteiger partial charge is 0.489 e. The fourth-order valence-corrected chi connectivity index (χ4v) is 4.46. The molecule has 0 aliphatic carbocycles. The SMILES string of the molecule is CC(=O)NCc1ccc(COc2ccc(C#Cc3ccc(C(F)(F)C(O)(Cn4cnnn4)c4ccc(F)cc4F)nc3)cc2)cc1. The summed E-state index contributed by atoms with van der Waals surface area (Å²) in [7, 11) is 0. The van der Waals surface area contributed by atoms with Crippen LogP contribution < -0.4 is 10.1 Å². The summed E-state index contributed by atoms with van der Waals surface area (Å²) in [6, 6.07) is 18.8. The second-order valence-corrected chi connectivity index (χ2v) is 10.3. The van der Waals surface area contributed by atoms with Crippen molar-refractivity contribution >= 4 is 5.91 Å². The molecule has 2 aromatic heterocycles. The van der Waals surface area contributed by atoms with Crippen LogP contribution in [0.25, 0.3) is 0 Å². The highest BCUT2D eigenvalue weighted by atomic mass is 19.3. The van der Waals surface area contributed by atoms with Gasteiger partial charge in [-0.1, -0.05) is 36.1 Å². The molecule has 9 nitrogen and oxygen atoms in total. The molecule has 0 spiro atoms. The second-order valence-electron chi connectivity index (χ2n) is 10.3. The highest BCUT2D eigenvalue weighted by molar-refractivity contribution is 5.72. The average Bonchev–Trinajstić information content (AvgIpc) is 3.55. The zero-order chi connectivity index (χ0) is 32.7. The van der Waals surface area contributed by atoms with Gasteiger partial charge in [0.2, 0.25) is 5.91 Å². The van der Waals surface area contributed by atoms with Crippen molar-refractivity contribution in [1.29, 1.82) is 0 Å². The number of tetrazole rings is 1. The molecule has 1 atom stereocenters. The van der Waals surface area contributed by atoms with E-state index in [0.717, 1.165) is 46.5 Å². The lowest BCUT2D eigenvalue weighted by atomic mass is 9.84. The summed E-state index contributed by atoms with van der Waals surface area (Å²) in [6.45, 7) is 1.31. The van der Waals surface area contributed by atoms with Gasteiger partial charge in [0.25, 0.3) is 0 Å². The van der Waals surface area contributed by atoms with Crippen molar-refractivity contribution in [3.63, 3.8) is 0 Å². The van der Waals surface area contributed by atoms with Crippen molar-refractivity contribution < 1.29 is 32.2 Å². The number of nitrogens with one attached hydrogen (secondary N) is 1. The average molecular weight is 631 g/mol. The first-order valence-corrected chi connectivity index (χ1v) is 13.8. The van der Waals surface area contributed by atoms with Gasteiger partial charge in [-0.05, 0) is 70.1 Å². The van der Waals surface area contributed by atoms with Crippen LogP contribution in [0.2, 0.25) is 0 Å². The van der Waals surface area contributed by atoms with Gasteiger partial charge in [0.05, 0.1) is 6.54 Å². The van der Waals surface area contributed by atoms with Gasteiger partial charge >= 0.3 is 5.92 Å². The quantitative estimate of drug-likeness (QED) is 0.171. The molecule has 1 amide bonds. The second kappa shape index (κ2) is 13.6. The third-order valence-corrected chi connectivity index (χ3v) is 6.94. The molecule has 0 saturated carbocycles. The lowest BCUT2D eigenvalue weighted by Gasteiger charge is -2.35. The van der Waals surface area contributed by atoms with Crippen LogP contribution in [0.4, 0.5) is 17.6 Å². The van der Waals surface area contributed by atoms with E-state index in [1.165, 1.54) is 13.0 Å². The molecule has 1 unspecified atom stereocenters. The summed E-state index contributed by atoms with van der Waals surface area (Å²) in [5.41, 5.74) is -2.10. The molecule has 0 bridgehead atoms. The number of aromatic nitrogens is 5. The molecule has 2 N–H and O–H groups in total. The summed E-state index contributed by atoms with van der Waals surface area (Å²) in [6.07, 6.45) is 2.08. The predicted molar refractivity (Wildman–Crippen MR) is 157 cm³/mol. The minimum absolute atomic E-state index is 0.0959. The monoisotopic (exact) mass is 630 g/mol. The maximum atomic E-state index is 15.9. The van der Waals surface area contributed by atoms with Crippen molar-refractivity contribution in [1.82, 2.24) is 30.5 Å². The van der Waals surface area contributed by atoms with Crippen molar-refractivity contribution in [3.8, 4) is 17.6 Å². The van der Waals surface area contributed by atoms with E-state index in [4.69, 9.17) is 4.74 Å². The first kappa shape index (κ1) is 31.8. The van der Waals surface area contributed by atoms with Crippen LogP contribution >= 0.6 is 0 Å². The lowest BCUT2D eigenvalue weighted by molar-refractivity contribution is -0.207. The van der Waals surface area contributed by atoms with Crippen LogP contribution in [0.5, 0.6) is 5.75 Å². The summed E-state index contributed by atoms with van der Waals surface area (Å²) >= 11 is 0. The van der Waals surface area contributed by atoms with Crippen LogP contribution in [0, 0.1) is 23.5 Å². The minimum Gasteiger partial charge on any atom is -0.489 e. The van der Waals surface area contributed by atoms with Gasteiger partial charge in [-0.15, -0.1) is 5.10 Å². The minimum atomic E-state index is -4.17. The van der Waals surface area contributed by atoms with E-state index in [1.54, 1.807) is 24.3 Å². The number of pyridine rings is 1. The first-order chi connectivity index (χ1) is 22.0. The Bertz CT molecular complexity index is 1860. The molecule has 0 aliphatic rings. The molecule has 234 valence electrons. The summed E-state index contributed by atoms with van der Waals surface area (Å²) in [5, 5.41) is 24.2. The van der Waals surface area contributed by atoms with Crippen molar-refractivity contribution in [2.45, 2.75) is 38.1 Å². The Hall–Kier alpha value is -5.61.